The highest BCUT2D eigenvalue weighted by molar-refractivity contribution is 5.93. The van der Waals surface area contributed by atoms with Gasteiger partial charge in [0.05, 0.1) is 0 Å². The van der Waals surface area contributed by atoms with Crippen molar-refractivity contribution < 1.29 is 9.90 Å². The van der Waals surface area contributed by atoms with Crippen molar-refractivity contribution in [1.29, 1.82) is 0 Å². The lowest BCUT2D eigenvalue weighted by Crippen LogP contribution is -2.27. The van der Waals surface area contributed by atoms with Crippen molar-refractivity contribution in [3.05, 3.63) is 24.0 Å². The van der Waals surface area contributed by atoms with Crippen LogP contribution in [0.4, 0.5) is 5.69 Å². The summed E-state index contributed by atoms with van der Waals surface area (Å²) in [5, 5.41) is 15.1. The predicted molar refractivity (Wildman–Crippen MR) is 76.2 cm³/mol. The van der Waals surface area contributed by atoms with Gasteiger partial charge in [0.25, 0.3) is 5.91 Å². The summed E-state index contributed by atoms with van der Waals surface area (Å²) in [6.07, 6.45) is 2.29. The minimum absolute atomic E-state index is 0.143. The van der Waals surface area contributed by atoms with E-state index in [2.05, 4.69) is 29.5 Å². The topological polar surface area (TPSA) is 74.2 Å². The lowest BCUT2D eigenvalue weighted by molar-refractivity contribution is 0.0951. The number of hydrogen-bond acceptors (Lipinski definition) is 4. The zero-order chi connectivity index (χ0) is 14.3. The molecule has 1 amide bonds. The van der Waals surface area contributed by atoms with Crippen LogP contribution in [0.15, 0.2) is 18.3 Å². The Morgan fingerprint density at radius 2 is 2.21 bits per heavy atom. The standard InChI is InChI=1S/C14H23N3O2/c1-4-15-14(19)13-9-11(5-7-16-13)17-12(6-8-18)10(2)3/h5,7,9-10,12,18H,4,6,8H2,1-3H3,(H,15,19)(H,16,17). The summed E-state index contributed by atoms with van der Waals surface area (Å²) in [5.41, 5.74) is 1.25. The Labute approximate surface area is 114 Å². The maximum absolute atomic E-state index is 11.7. The van der Waals surface area contributed by atoms with E-state index in [0.717, 1.165) is 5.69 Å². The van der Waals surface area contributed by atoms with Crippen LogP contribution in [-0.2, 0) is 0 Å². The van der Waals surface area contributed by atoms with E-state index in [1.54, 1.807) is 12.3 Å². The van der Waals surface area contributed by atoms with Gasteiger partial charge in [-0.05, 0) is 31.4 Å². The first-order valence-corrected chi connectivity index (χ1v) is 6.70. The van der Waals surface area contributed by atoms with Gasteiger partial charge in [0.15, 0.2) is 0 Å². The number of nitrogens with zero attached hydrogens (tertiary/aromatic N) is 1. The molecule has 19 heavy (non-hydrogen) atoms. The molecular weight excluding hydrogens is 242 g/mol. The number of amides is 1. The first-order chi connectivity index (χ1) is 9.08. The number of anilines is 1. The minimum Gasteiger partial charge on any atom is -0.396 e. The molecule has 0 saturated carbocycles. The SMILES string of the molecule is CCNC(=O)c1cc(NC(CCO)C(C)C)ccn1. The lowest BCUT2D eigenvalue weighted by atomic mass is 10.0. The van der Waals surface area contributed by atoms with E-state index in [1.165, 1.54) is 0 Å². The molecule has 0 fully saturated rings. The van der Waals surface area contributed by atoms with E-state index in [4.69, 9.17) is 5.11 Å². The molecule has 1 unspecified atom stereocenters. The molecule has 0 aliphatic rings. The molecule has 1 aromatic rings. The van der Waals surface area contributed by atoms with Gasteiger partial charge < -0.3 is 15.7 Å². The summed E-state index contributed by atoms with van der Waals surface area (Å²) < 4.78 is 0. The predicted octanol–water partition coefficient (Wildman–Crippen LogP) is 1.65. The van der Waals surface area contributed by atoms with E-state index < -0.39 is 0 Å². The first-order valence-electron chi connectivity index (χ1n) is 6.70. The van der Waals surface area contributed by atoms with Crippen LogP contribution in [0.25, 0.3) is 0 Å². The number of rotatable bonds is 7. The number of aliphatic hydroxyl groups is 1. The van der Waals surface area contributed by atoms with Crippen molar-refractivity contribution in [3.63, 3.8) is 0 Å². The first kappa shape index (κ1) is 15.4. The summed E-state index contributed by atoms with van der Waals surface area (Å²) >= 11 is 0. The molecular formula is C14H23N3O2. The Morgan fingerprint density at radius 1 is 1.47 bits per heavy atom. The van der Waals surface area contributed by atoms with Crippen molar-refractivity contribution in [2.45, 2.75) is 33.2 Å². The second kappa shape index (κ2) is 7.74. The average molecular weight is 265 g/mol. The Hall–Kier alpha value is -1.62. The minimum atomic E-state index is -0.172. The number of carbonyl (C=O) groups excluding carboxylic acids is 1. The quantitative estimate of drug-likeness (QED) is 0.701. The largest absolute Gasteiger partial charge is 0.396 e. The molecule has 0 spiro atoms. The molecule has 0 bridgehead atoms. The monoisotopic (exact) mass is 265 g/mol. The van der Waals surface area contributed by atoms with E-state index in [1.807, 2.05) is 13.0 Å². The fourth-order valence-corrected chi connectivity index (χ4v) is 1.82. The van der Waals surface area contributed by atoms with Gasteiger partial charge in [0.1, 0.15) is 5.69 Å². The molecule has 1 aromatic heterocycles. The summed E-state index contributed by atoms with van der Waals surface area (Å²) in [4.78, 5) is 15.8. The van der Waals surface area contributed by atoms with Gasteiger partial charge in [-0.1, -0.05) is 13.8 Å². The van der Waals surface area contributed by atoms with E-state index >= 15 is 0 Å². The molecule has 5 nitrogen and oxygen atoms in total. The normalized spacial score (nSPS) is 12.3. The smallest absolute Gasteiger partial charge is 0.269 e. The van der Waals surface area contributed by atoms with Gasteiger partial charge in [0, 0.05) is 31.1 Å². The highest BCUT2D eigenvalue weighted by Gasteiger charge is 2.13. The van der Waals surface area contributed by atoms with Gasteiger partial charge in [-0.2, -0.15) is 0 Å². The molecule has 5 heteroatoms. The van der Waals surface area contributed by atoms with Gasteiger partial charge in [-0.25, -0.2) is 0 Å². The third-order valence-corrected chi connectivity index (χ3v) is 2.93. The number of aromatic nitrogens is 1. The number of aliphatic hydroxyl groups excluding tert-OH is 1. The molecule has 0 saturated heterocycles. The van der Waals surface area contributed by atoms with Crippen molar-refractivity contribution in [1.82, 2.24) is 10.3 Å². The third-order valence-electron chi connectivity index (χ3n) is 2.93. The van der Waals surface area contributed by atoms with Crippen LogP contribution in [0.5, 0.6) is 0 Å². The van der Waals surface area contributed by atoms with Crippen molar-refractivity contribution >= 4 is 11.6 Å². The Balaban J connectivity index is 2.78. The molecule has 1 heterocycles. The summed E-state index contributed by atoms with van der Waals surface area (Å²) in [6.45, 7) is 6.79. The van der Waals surface area contributed by atoms with Crippen LogP contribution in [0, 0.1) is 5.92 Å². The van der Waals surface area contributed by atoms with E-state index in [9.17, 15) is 4.79 Å². The summed E-state index contributed by atoms with van der Waals surface area (Å²) in [6, 6.07) is 3.74. The van der Waals surface area contributed by atoms with Crippen LogP contribution in [-0.4, -0.2) is 35.2 Å². The molecule has 106 valence electrons. The summed E-state index contributed by atoms with van der Waals surface area (Å²) in [7, 11) is 0. The van der Waals surface area contributed by atoms with E-state index in [0.29, 0.717) is 24.6 Å². The second-order valence-electron chi connectivity index (χ2n) is 4.80. The molecule has 0 aromatic carbocycles. The van der Waals surface area contributed by atoms with Crippen molar-refractivity contribution in [3.8, 4) is 0 Å². The average Bonchev–Trinajstić information content (AvgIpc) is 2.39. The number of nitrogens with one attached hydrogen (secondary N) is 2. The molecule has 1 rings (SSSR count). The summed E-state index contributed by atoms with van der Waals surface area (Å²) in [5.74, 6) is 0.225. The fraction of sp³-hybridized carbons (Fsp3) is 0.571. The Morgan fingerprint density at radius 3 is 2.79 bits per heavy atom. The van der Waals surface area contributed by atoms with Gasteiger partial charge in [-0.15, -0.1) is 0 Å². The van der Waals surface area contributed by atoms with Crippen molar-refractivity contribution in [2.24, 2.45) is 5.92 Å². The van der Waals surface area contributed by atoms with Crippen molar-refractivity contribution in [2.75, 3.05) is 18.5 Å². The third kappa shape index (κ3) is 4.87. The van der Waals surface area contributed by atoms with Crippen LogP contribution < -0.4 is 10.6 Å². The zero-order valence-corrected chi connectivity index (χ0v) is 11.8. The fourth-order valence-electron chi connectivity index (χ4n) is 1.82. The van der Waals surface area contributed by atoms with Crippen LogP contribution in [0.2, 0.25) is 0 Å². The number of carbonyl (C=O) groups is 1. The lowest BCUT2D eigenvalue weighted by Gasteiger charge is -2.22. The second-order valence-corrected chi connectivity index (χ2v) is 4.80. The molecule has 1 atom stereocenters. The van der Waals surface area contributed by atoms with Crippen LogP contribution in [0.1, 0.15) is 37.7 Å². The molecule has 0 aliphatic carbocycles. The maximum atomic E-state index is 11.7. The molecule has 3 N–H and O–H groups in total. The van der Waals surface area contributed by atoms with Gasteiger partial charge in [-0.3, -0.25) is 9.78 Å². The van der Waals surface area contributed by atoms with E-state index in [-0.39, 0.29) is 18.6 Å². The zero-order valence-electron chi connectivity index (χ0n) is 11.8. The maximum Gasteiger partial charge on any atom is 0.269 e. The van der Waals surface area contributed by atoms with Gasteiger partial charge >= 0.3 is 0 Å². The highest BCUT2D eigenvalue weighted by atomic mass is 16.3. The molecule has 0 radical (unpaired) electrons. The Bertz CT molecular complexity index is 407. The Kier molecular flexibility index (Phi) is 6.29. The van der Waals surface area contributed by atoms with Gasteiger partial charge in [0.2, 0.25) is 0 Å². The van der Waals surface area contributed by atoms with Crippen LogP contribution in [0.3, 0.4) is 0 Å². The number of pyridine rings is 1. The van der Waals surface area contributed by atoms with Crippen LogP contribution >= 0.6 is 0 Å². The number of hydrogen-bond donors (Lipinski definition) is 3. The molecule has 0 aliphatic heterocycles. The highest BCUT2D eigenvalue weighted by Crippen LogP contribution is 2.15.